The molecule has 0 aliphatic rings. The number of benzene rings is 1. The number of aromatic nitrogens is 1. The molecule has 0 radical (unpaired) electrons. The molecule has 0 aliphatic carbocycles. The minimum atomic E-state index is 0.613. The number of methoxy groups -OCH3 is 1. The Balaban J connectivity index is 1.95. The van der Waals surface area contributed by atoms with Gasteiger partial charge in [0, 0.05) is 21.7 Å². The Morgan fingerprint density at radius 2 is 2.00 bits per heavy atom. The zero-order valence-electron chi connectivity index (χ0n) is 11.0. The molecule has 5 heteroatoms. The topological polar surface area (TPSA) is 48.1 Å². The number of nitrogens with zero attached hydrogens (tertiary/aromatic N) is 1. The molecule has 3 nitrogen and oxygen atoms in total. The normalized spacial score (nSPS) is 10.7. The fraction of sp³-hybridized carbons (Fsp3) is 0.133. The van der Waals surface area contributed by atoms with E-state index < -0.39 is 0 Å². The smallest absolute Gasteiger partial charge is 0.180 e. The average Bonchev–Trinajstić information content (AvgIpc) is 3.09. The van der Waals surface area contributed by atoms with Crippen LogP contribution in [0.15, 0.2) is 41.8 Å². The highest BCUT2D eigenvalue weighted by Gasteiger charge is 2.13. The van der Waals surface area contributed by atoms with Crippen molar-refractivity contribution in [1.82, 2.24) is 4.98 Å². The van der Waals surface area contributed by atoms with Gasteiger partial charge in [0.25, 0.3) is 0 Å². The van der Waals surface area contributed by atoms with Crippen molar-refractivity contribution in [3.8, 4) is 17.0 Å². The first kappa shape index (κ1) is 13.1. The van der Waals surface area contributed by atoms with Crippen LogP contribution in [-0.4, -0.2) is 12.1 Å². The second-order valence-electron chi connectivity index (χ2n) is 4.31. The first-order chi connectivity index (χ1) is 9.76. The van der Waals surface area contributed by atoms with Crippen LogP contribution in [-0.2, 0) is 6.42 Å². The summed E-state index contributed by atoms with van der Waals surface area (Å²) in [6.45, 7) is 0. The minimum Gasteiger partial charge on any atom is -0.497 e. The highest BCUT2D eigenvalue weighted by Crippen LogP contribution is 2.33. The summed E-state index contributed by atoms with van der Waals surface area (Å²) in [5.74, 6) is 0.844. The van der Waals surface area contributed by atoms with Crippen LogP contribution < -0.4 is 10.5 Å². The van der Waals surface area contributed by atoms with E-state index in [0.717, 1.165) is 23.4 Å². The maximum atomic E-state index is 5.89. The summed E-state index contributed by atoms with van der Waals surface area (Å²) >= 11 is 3.31. The number of nitrogen functional groups attached to an aromatic ring is 1. The average molecular weight is 302 g/mol. The lowest BCUT2D eigenvalue weighted by Crippen LogP contribution is -1.88. The largest absolute Gasteiger partial charge is 0.497 e. The van der Waals surface area contributed by atoms with Crippen molar-refractivity contribution in [2.45, 2.75) is 6.42 Å². The Morgan fingerprint density at radius 3 is 2.65 bits per heavy atom. The van der Waals surface area contributed by atoms with Crippen molar-refractivity contribution < 1.29 is 4.74 Å². The molecule has 0 unspecified atom stereocenters. The van der Waals surface area contributed by atoms with Crippen molar-refractivity contribution in [3.63, 3.8) is 0 Å². The van der Waals surface area contributed by atoms with E-state index in [1.807, 2.05) is 24.3 Å². The molecule has 1 aromatic carbocycles. The molecule has 3 aromatic rings. The van der Waals surface area contributed by atoms with Gasteiger partial charge in [-0.1, -0.05) is 6.07 Å². The summed E-state index contributed by atoms with van der Waals surface area (Å²) < 4.78 is 5.18. The van der Waals surface area contributed by atoms with Crippen molar-refractivity contribution in [1.29, 1.82) is 0 Å². The molecule has 0 fully saturated rings. The number of rotatable bonds is 4. The van der Waals surface area contributed by atoms with Crippen molar-refractivity contribution in [3.05, 3.63) is 51.5 Å². The third-order valence-corrected chi connectivity index (χ3v) is 4.75. The molecule has 102 valence electrons. The minimum absolute atomic E-state index is 0.613. The van der Waals surface area contributed by atoms with Crippen LogP contribution in [0, 0.1) is 0 Å². The quantitative estimate of drug-likeness (QED) is 0.791. The number of nitrogens with two attached hydrogens (primary N) is 1. The molecule has 20 heavy (non-hydrogen) atoms. The molecule has 0 spiro atoms. The van der Waals surface area contributed by atoms with Crippen molar-refractivity contribution in [2.24, 2.45) is 0 Å². The zero-order chi connectivity index (χ0) is 13.9. The van der Waals surface area contributed by atoms with Crippen LogP contribution in [0.25, 0.3) is 11.3 Å². The Morgan fingerprint density at radius 1 is 1.20 bits per heavy atom. The van der Waals surface area contributed by atoms with E-state index in [2.05, 4.69) is 22.5 Å². The molecular weight excluding hydrogens is 288 g/mol. The molecule has 2 heterocycles. The molecule has 0 aliphatic heterocycles. The van der Waals surface area contributed by atoms with E-state index in [-0.39, 0.29) is 0 Å². The van der Waals surface area contributed by atoms with Gasteiger partial charge in [0.2, 0.25) is 0 Å². The molecule has 0 saturated carbocycles. The molecule has 2 N–H and O–H groups in total. The van der Waals surface area contributed by atoms with Gasteiger partial charge in [0.15, 0.2) is 5.13 Å². The maximum absolute atomic E-state index is 5.89. The fourth-order valence-electron chi connectivity index (χ4n) is 2.04. The molecular formula is C15H14N2OS2. The third-order valence-electron chi connectivity index (χ3n) is 2.99. The summed E-state index contributed by atoms with van der Waals surface area (Å²) in [5.41, 5.74) is 7.94. The zero-order valence-corrected chi connectivity index (χ0v) is 12.6. The molecule has 2 aromatic heterocycles. The molecule has 0 atom stereocenters. The number of hydrogen-bond donors (Lipinski definition) is 1. The van der Waals surface area contributed by atoms with Crippen LogP contribution in [0.1, 0.15) is 9.75 Å². The van der Waals surface area contributed by atoms with Gasteiger partial charge in [-0.3, -0.25) is 0 Å². The second-order valence-corrected chi connectivity index (χ2v) is 6.46. The van der Waals surface area contributed by atoms with Gasteiger partial charge in [-0.15, -0.1) is 22.7 Å². The molecule has 0 bridgehead atoms. The van der Waals surface area contributed by atoms with E-state index >= 15 is 0 Å². The second kappa shape index (κ2) is 5.64. The number of ether oxygens (including phenoxy) is 1. The summed E-state index contributed by atoms with van der Waals surface area (Å²) in [5, 5.41) is 2.70. The van der Waals surface area contributed by atoms with Gasteiger partial charge in [-0.25, -0.2) is 4.98 Å². The van der Waals surface area contributed by atoms with Crippen molar-refractivity contribution >= 4 is 27.8 Å². The van der Waals surface area contributed by atoms with Gasteiger partial charge in [0.05, 0.1) is 12.8 Å². The monoisotopic (exact) mass is 302 g/mol. The van der Waals surface area contributed by atoms with E-state index in [1.54, 1.807) is 29.8 Å². The molecule has 3 rings (SSSR count). The summed E-state index contributed by atoms with van der Waals surface area (Å²) in [6, 6.07) is 12.1. The van der Waals surface area contributed by atoms with Crippen LogP contribution >= 0.6 is 22.7 Å². The predicted octanol–water partition coefficient (Wildman–Crippen LogP) is 4.05. The number of hydrogen-bond acceptors (Lipinski definition) is 5. The fourth-order valence-corrected chi connectivity index (χ4v) is 3.72. The summed E-state index contributed by atoms with van der Waals surface area (Å²) in [6.07, 6.45) is 0.883. The third kappa shape index (κ3) is 2.69. The highest BCUT2D eigenvalue weighted by atomic mass is 32.1. The Bertz CT molecular complexity index is 687. The first-order valence-corrected chi connectivity index (χ1v) is 7.88. The van der Waals surface area contributed by atoms with Gasteiger partial charge in [0.1, 0.15) is 5.75 Å². The van der Waals surface area contributed by atoms with E-state index in [0.29, 0.717) is 5.13 Å². The van der Waals surface area contributed by atoms with E-state index in [1.165, 1.54) is 9.75 Å². The lowest BCUT2D eigenvalue weighted by Gasteiger charge is -2.03. The SMILES string of the molecule is COc1ccc(-c2nc(N)sc2Cc2cccs2)cc1. The van der Waals surface area contributed by atoms with Crippen LogP contribution in [0.3, 0.4) is 0 Å². The highest BCUT2D eigenvalue weighted by molar-refractivity contribution is 7.16. The van der Waals surface area contributed by atoms with Gasteiger partial charge < -0.3 is 10.5 Å². The Kier molecular flexibility index (Phi) is 3.71. The number of thiazole rings is 1. The number of thiophene rings is 1. The standard InChI is InChI=1S/C15H14N2OS2/c1-18-11-6-4-10(5-7-11)14-13(20-15(16)17-14)9-12-3-2-8-19-12/h2-8H,9H2,1H3,(H2,16,17). The summed E-state index contributed by atoms with van der Waals surface area (Å²) in [4.78, 5) is 7.00. The van der Waals surface area contributed by atoms with E-state index in [4.69, 9.17) is 10.5 Å². The number of anilines is 1. The first-order valence-electron chi connectivity index (χ1n) is 6.18. The van der Waals surface area contributed by atoms with Gasteiger partial charge in [-0.05, 0) is 35.7 Å². The maximum Gasteiger partial charge on any atom is 0.180 e. The van der Waals surface area contributed by atoms with Crippen LogP contribution in [0.2, 0.25) is 0 Å². The van der Waals surface area contributed by atoms with Crippen molar-refractivity contribution in [2.75, 3.05) is 12.8 Å². The Hall–Kier alpha value is -1.85. The predicted molar refractivity (Wildman–Crippen MR) is 85.6 cm³/mol. The Labute approximate surface area is 125 Å². The lowest BCUT2D eigenvalue weighted by atomic mass is 10.1. The molecule has 0 amide bonds. The van der Waals surface area contributed by atoms with E-state index in [9.17, 15) is 0 Å². The van der Waals surface area contributed by atoms with Gasteiger partial charge >= 0.3 is 0 Å². The molecule has 0 saturated heterocycles. The van der Waals surface area contributed by atoms with Crippen LogP contribution in [0.5, 0.6) is 5.75 Å². The summed E-state index contributed by atoms with van der Waals surface area (Å²) in [7, 11) is 1.66. The van der Waals surface area contributed by atoms with Crippen LogP contribution in [0.4, 0.5) is 5.13 Å². The lowest BCUT2D eigenvalue weighted by molar-refractivity contribution is 0.415. The van der Waals surface area contributed by atoms with Gasteiger partial charge in [-0.2, -0.15) is 0 Å².